The molecule has 0 spiro atoms. The van der Waals surface area contributed by atoms with Crippen molar-refractivity contribution >= 4 is 17.5 Å². The van der Waals surface area contributed by atoms with Crippen LogP contribution >= 0.6 is 11.6 Å². The van der Waals surface area contributed by atoms with Crippen molar-refractivity contribution in [2.75, 3.05) is 19.0 Å². The molecule has 1 fully saturated rings. The number of ether oxygens (including phenoxy) is 1. The van der Waals surface area contributed by atoms with E-state index in [1.165, 1.54) is 12.8 Å². The number of halogens is 1. The van der Waals surface area contributed by atoms with E-state index in [0.717, 1.165) is 12.8 Å². The first-order chi connectivity index (χ1) is 7.65. The Morgan fingerprint density at radius 1 is 1.44 bits per heavy atom. The SMILES string of the molecule is CC(C)OCC(=O)N(CCCl)C1CCCC1. The van der Waals surface area contributed by atoms with Gasteiger partial charge in [0.25, 0.3) is 0 Å². The van der Waals surface area contributed by atoms with E-state index in [0.29, 0.717) is 18.5 Å². The molecule has 0 unspecified atom stereocenters. The fourth-order valence-corrected chi connectivity index (χ4v) is 2.32. The molecule has 0 N–H and O–H groups in total. The van der Waals surface area contributed by atoms with Crippen molar-refractivity contribution < 1.29 is 9.53 Å². The zero-order chi connectivity index (χ0) is 12.0. The summed E-state index contributed by atoms with van der Waals surface area (Å²) in [5.41, 5.74) is 0. The van der Waals surface area contributed by atoms with Crippen molar-refractivity contribution in [3.8, 4) is 0 Å². The fraction of sp³-hybridized carbons (Fsp3) is 0.917. The molecule has 1 aliphatic carbocycles. The van der Waals surface area contributed by atoms with Gasteiger partial charge in [-0.2, -0.15) is 0 Å². The topological polar surface area (TPSA) is 29.5 Å². The number of hydrogen-bond donors (Lipinski definition) is 0. The van der Waals surface area contributed by atoms with E-state index in [1.807, 2.05) is 18.7 Å². The zero-order valence-corrected chi connectivity index (χ0v) is 11.0. The van der Waals surface area contributed by atoms with Gasteiger partial charge < -0.3 is 9.64 Å². The summed E-state index contributed by atoms with van der Waals surface area (Å²) >= 11 is 5.75. The molecule has 0 bridgehead atoms. The molecular formula is C12H22ClNO2. The van der Waals surface area contributed by atoms with Gasteiger partial charge in [-0.1, -0.05) is 12.8 Å². The molecular weight excluding hydrogens is 226 g/mol. The maximum absolute atomic E-state index is 12.0. The van der Waals surface area contributed by atoms with Crippen LogP contribution in [0.1, 0.15) is 39.5 Å². The predicted octanol–water partition coefficient (Wildman–Crippen LogP) is 2.42. The van der Waals surface area contributed by atoms with Crippen LogP contribution in [0.3, 0.4) is 0 Å². The second kappa shape index (κ2) is 7.13. The monoisotopic (exact) mass is 247 g/mol. The molecule has 0 saturated heterocycles. The minimum atomic E-state index is 0.0845. The van der Waals surface area contributed by atoms with Gasteiger partial charge >= 0.3 is 0 Å². The van der Waals surface area contributed by atoms with Crippen molar-refractivity contribution in [3.05, 3.63) is 0 Å². The molecule has 1 amide bonds. The lowest BCUT2D eigenvalue weighted by Crippen LogP contribution is -2.42. The highest BCUT2D eigenvalue weighted by Crippen LogP contribution is 2.23. The van der Waals surface area contributed by atoms with Crippen molar-refractivity contribution in [2.24, 2.45) is 0 Å². The normalized spacial score (nSPS) is 17.0. The third-order valence-electron chi connectivity index (χ3n) is 2.95. The molecule has 0 heterocycles. The molecule has 1 rings (SSSR count). The van der Waals surface area contributed by atoms with Gasteiger partial charge in [0.15, 0.2) is 0 Å². The van der Waals surface area contributed by atoms with Crippen molar-refractivity contribution in [3.63, 3.8) is 0 Å². The van der Waals surface area contributed by atoms with Crippen LogP contribution in [-0.4, -0.2) is 42.0 Å². The van der Waals surface area contributed by atoms with Gasteiger partial charge in [0, 0.05) is 18.5 Å². The quantitative estimate of drug-likeness (QED) is 0.675. The van der Waals surface area contributed by atoms with Crippen LogP contribution in [0.15, 0.2) is 0 Å². The lowest BCUT2D eigenvalue weighted by molar-refractivity contribution is -0.139. The summed E-state index contributed by atoms with van der Waals surface area (Å²) in [4.78, 5) is 13.9. The molecule has 0 aromatic rings. The highest BCUT2D eigenvalue weighted by molar-refractivity contribution is 6.18. The Balaban J connectivity index is 2.44. The number of rotatable bonds is 6. The number of hydrogen-bond acceptors (Lipinski definition) is 2. The first kappa shape index (κ1) is 13.8. The van der Waals surface area contributed by atoms with Gasteiger partial charge in [0.2, 0.25) is 5.91 Å². The summed E-state index contributed by atoms with van der Waals surface area (Å²) in [6.45, 7) is 4.71. The summed E-state index contributed by atoms with van der Waals surface area (Å²) < 4.78 is 5.36. The molecule has 94 valence electrons. The van der Waals surface area contributed by atoms with Gasteiger partial charge in [-0.25, -0.2) is 0 Å². The summed E-state index contributed by atoms with van der Waals surface area (Å²) in [6.07, 6.45) is 4.78. The van der Waals surface area contributed by atoms with Gasteiger partial charge in [-0.15, -0.1) is 11.6 Å². The van der Waals surface area contributed by atoms with Crippen molar-refractivity contribution in [2.45, 2.75) is 51.7 Å². The Labute approximate surface area is 103 Å². The van der Waals surface area contributed by atoms with Crippen LogP contribution in [0.4, 0.5) is 0 Å². The second-order valence-electron chi connectivity index (χ2n) is 4.57. The minimum Gasteiger partial charge on any atom is -0.369 e. The summed E-state index contributed by atoms with van der Waals surface area (Å²) in [6, 6.07) is 0.391. The van der Waals surface area contributed by atoms with E-state index in [9.17, 15) is 4.79 Å². The number of alkyl halides is 1. The van der Waals surface area contributed by atoms with Crippen LogP contribution in [0.2, 0.25) is 0 Å². The average molecular weight is 248 g/mol. The second-order valence-corrected chi connectivity index (χ2v) is 4.95. The molecule has 3 nitrogen and oxygen atoms in total. The number of nitrogens with zero attached hydrogens (tertiary/aromatic N) is 1. The standard InChI is InChI=1S/C12H22ClNO2/c1-10(2)16-9-12(15)14(8-7-13)11-5-3-4-6-11/h10-11H,3-9H2,1-2H3. The van der Waals surface area contributed by atoms with Crippen molar-refractivity contribution in [1.29, 1.82) is 0 Å². The molecule has 0 aromatic heterocycles. The summed E-state index contributed by atoms with van der Waals surface area (Å²) in [5.74, 6) is 0.588. The minimum absolute atomic E-state index is 0.0845. The summed E-state index contributed by atoms with van der Waals surface area (Å²) in [7, 11) is 0. The van der Waals surface area contributed by atoms with Crippen LogP contribution in [0, 0.1) is 0 Å². The zero-order valence-electron chi connectivity index (χ0n) is 10.2. The molecule has 0 aliphatic heterocycles. The first-order valence-electron chi connectivity index (χ1n) is 6.12. The average Bonchev–Trinajstić information content (AvgIpc) is 2.75. The molecule has 4 heteroatoms. The van der Waals surface area contributed by atoms with Crippen LogP contribution < -0.4 is 0 Å². The van der Waals surface area contributed by atoms with E-state index in [-0.39, 0.29) is 18.6 Å². The maximum Gasteiger partial charge on any atom is 0.248 e. The van der Waals surface area contributed by atoms with Gasteiger partial charge in [-0.3, -0.25) is 4.79 Å². The lowest BCUT2D eigenvalue weighted by Gasteiger charge is -2.28. The van der Waals surface area contributed by atoms with Gasteiger partial charge in [0.1, 0.15) is 6.61 Å². The molecule has 0 aromatic carbocycles. The first-order valence-corrected chi connectivity index (χ1v) is 6.65. The number of amides is 1. The van der Waals surface area contributed by atoms with Crippen LogP contribution in [-0.2, 0) is 9.53 Å². The fourth-order valence-electron chi connectivity index (χ4n) is 2.14. The Morgan fingerprint density at radius 2 is 2.06 bits per heavy atom. The van der Waals surface area contributed by atoms with E-state index in [4.69, 9.17) is 16.3 Å². The van der Waals surface area contributed by atoms with E-state index < -0.39 is 0 Å². The van der Waals surface area contributed by atoms with Crippen molar-refractivity contribution in [1.82, 2.24) is 4.90 Å². The third-order valence-corrected chi connectivity index (χ3v) is 3.12. The number of carbonyl (C=O) groups is 1. The Morgan fingerprint density at radius 3 is 2.56 bits per heavy atom. The van der Waals surface area contributed by atoms with E-state index in [1.54, 1.807) is 0 Å². The highest BCUT2D eigenvalue weighted by Gasteiger charge is 2.26. The van der Waals surface area contributed by atoms with Crippen LogP contribution in [0.25, 0.3) is 0 Å². The smallest absolute Gasteiger partial charge is 0.248 e. The summed E-state index contributed by atoms with van der Waals surface area (Å²) in [5, 5.41) is 0. The molecule has 0 radical (unpaired) electrons. The van der Waals surface area contributed by atoms with E-state index in [2.05, 4.69) is 0 Å². The largest absolute Gasteiger partial charge is 0.369 e. The van der Waals surface area contributed by atoms with E-state index >= 15 is 0 Å². The Kier molecular flexibility index (Phi) is 6.14. The van der Waals surface area contributed by atoms with Gasteiger partial charge in [0.05, 0.1) is 6.10 Å². The highest BCUT2D eigenvalue weighted by atomic mass is 35.5. The predicted molar refractivity (Wildman–Crippen MR) is 65.8 cm³/mol. The Hall–Kier alpha value is -0.280. The van der Waals surface area contributed by atoms with Gasteiger partial charge in [-0.05, 0) is 26.7 Å². The third kappa shape index (κ3) is 4.30. The molecule has 16 heavy (non-hydrogen) atoms. The molecule has 1 aliphatic rings. The molecule has 1 saturated carbocycles. The number of carbonyl (C=O) groups excluding carboxylic acids is 1. The molecule has 0 atom stereocenters. The van der Waals surface area contributed by atoms with Crippen LogP contribution in [0.5, 0.6) is 0 Å². The Bertz CT molecular complexity index is 215. The maximum atomic E-state index is 12.0. The lowest BCUT2D eigenvalue weighted by atomic mass is 10.2.